The lowest BCUT2D eigenvalue weighted by Crippen LogP contribution is -2.42. The first-order valence-electron chi connectivity index (χ1n) is 10.7. The second kappa shape index (κ2) is 8.60. The van der Waals surface area contributed by atoms with E-state index in [1.165, 1.54) is 0 Å². The van der Waals surface area contributed by atoms with Crippen LogP contribution in [0.1, 0.15) is 56.6 Å². The molecule has 1 aliphatic heterocycles. The van der Waals surface area contributed by atoms with Gasteiger partial charge in [-0.2, -0.15) is 0 Å². The van der Waals surface area contributed by atoms with Crippen molar-refractivity contribution in [3.63, 3.8) is 0 Å². The first-order chi connectivity index (χ1) is 14.1. The predicted octanol–water partition coefficient (Wildman–Crippen LogP) is 4.20. The minimum atomic E-state index is -3.56. The molecular formula is C24H34N2O3S. The summed E-state index contributed by atoms with van der Waals surface area (Å²) in [7, 11) is 0.289. The minimum absolute atomic E-state index is 0.0369. The van der Waals surface area contributed by atoms with Crippen LogP contribution in [0.4, 0.5) is 11.4 Å². The van der Waals surface area contributed by atoms with Gasteiger partial charge in [0.2, 0.25) is 0 Å². The first kappa shape index (κ1) is 22.6. The molecule has 0 saturated heterocycles. The number of anilines is 2. The normalized spacial score (nSPS) is 25.4. The zero-order chi connectivity index (χ0) is 22.1. The summed E-state index contributed by atoms with van der Waals surface area (Å²) < 4.78 is 27.1. The SMILES string of the molecule is CCCC[C@]1(CC)CS(=O)(=O)c2ccc(N(C)C)cc2[C@@H](c2cccc(N)c2)[C@H]1O. The Hall–Kier alpha value is -2.05. The largest absolute Gasteiger partial charge is 0.399 e. The van der Waals surface area contributed by atoms with Crippen LogP contribution in [0.5, 0.6) is 0 Å². The Balaban J connectivity index is 2.32. The van der Waals surface area contributed by atoms with E-state index >= 15 is 0 Å². The highest BCUT2D eigenvalue weighted by molar-refractivity contribution is 7.91. The van der Waals surface area contributed by atoms with E-state index in [9.17, 15) is 13.5 Å². The molecule has 1 heterocycles. The van der Waals surface area contributed by atoms with E-state index in [0.29, 0.717) is 29.0 Å². The fraction of sp³-hybridized carbons (Fsp3) is 0.500. The fourth-order valence-corrected chi connectivity index (χ4v) is 7.01. The Labute approximate surface area is 180 Å². The fourth-order valence-electron chi connectivity index (χ4n) is 4.76. The Bertz CT molecular complexity index is 1000. The molecule has 164 valence electrons. The third kappa shape index (κ3) is 4.08. The summed E-state index contributed by atoms with van der Waals surface area (Å²) >= 11 is 0. The molecule has 0 aliphatic carbocycles. The topological polar surface area (TPSA) is 83.6 Å². The van der Waals surface area contributed by atoms with Crippen LogP contribution in [0.15, 0.2) is 47.4 Å². The van der Waals surface area contributed by atoms with Crippen LogP contribution in [0.2, 0.25) is 0 Å². The molecule has 5 nitrogen and oxygen atoms in total. The third-order valence-corrected chi connectivity index (χ3v) is 8.60. The molecule has 3 atom stereocenters. The van der Waals surface area contributed by atoms with Gasteiger partial charge in [-0.3, -0.25) is 0 Å². The smallest absolute Gasteiger partial charge is 0.179 e. The van der Waals surface area contributed by atoms with Gasteiger partial charge in [0, 0.05) is 36.8 Å². The van der Waals surface area contributed by atoms with E-state index in [1.54, 1.807) is 6.07 Å². The zero-order valence-corrected chi connectivity index (χ0v) is 19.2. The van der Waals surface area contributed by atoms with Crippen LogP contribution in [0.25, 0.3) is 0 Å². The van der Waals surface area contributed by atoms with Crippen molar-refractivity contribution in [2.75, 3.05) is 30.5 Å². The first-order valence-corrected chi connectivity index (χ1v) is 12.4. The number of benzene rings is 2. The highest BCUT2D eigenvalue weighted by atomic mass is 32.2. The van der Waals surface area contributed by atoms with Gasteiger partial charge in [-0.1, -0.05) is 38.8 Å². The highest BCUT2D eigenvalue weighted by Crippen LogP contribution is 2.49. The van der Waals surface area contributed by atoms with Gasteiger partial charge in [0.05, 0.1) is 16.8 Å². The van der Waals surface area contributed by atoms with Gasteiger partial charge in [-0.15, -0.1) is 0 Å². The van der Waals surface area contributed by atoms with Crippen LogP contribution in [-0.4, -0.2) is 39.5 Å². The summed E-state index contributed by atoms with van der Waals surface area (Å²) in [6.45, 7) is 4.08. The van der Waals surface area contributed by atoms with Gasteiger partial charge in [-0.25, -0.2) is 8.42 Å². The summed E-state index contributed by atoms with van der Waals surface area (Å²) in [5, 5.41) is 11.8. The van der Waals surface area contributed by atoms with Gasteiger partial charge < -0.3 is 15.7 Å². The van der Waals surface area contributed by atoms with Crippen molar-refractivity contribution in [2.45, 2.75) is 56.4 Å². The highest BCUT2D eigenvalue weighted by Gasteiger charge is 2.49. The van der Waals surface area contributed by atoms with Crippen molar-refractivity contribution in [3.05, 3.63) is 53.6 Å². The summed E-state index contributed by atoms with van der Waals surface area (Å²) in [6, 6.07) is 12.9. The predicted molar refractivity (Wildman–Crippen MR) is 124 cm³/mol. The number of aliphatic hydroxyl groups excluding tert-OH is 1. The maximum absolute atomic E-state index is 13.6. The third-order valence-electron chi connectivity index (χ3n) is 6.60. The van der Waals surface area contributed by atoms with Crippen molar-refractivity contribution in [1.29, 1.82) is 0 Å². The van der Waals surface area contributed by atoms with E-state index in [-0.39, 0.29) is 5.75 Å². The molecule has 30 heavy (non-hydrogen) atoms. The van der Waals surface area contributed by atoms with Crippen molar-refractivity contribution >= 4 is 21.2 Å². The number of rotatable bonds is 6. The lowest BCUT2D eigenvalue weighted by atomic mass is 9.69. The number of unbranched alkanes of at least 4 members (excludes halogenated alkanes) is 1. The Morgan fingerprint density at radius 2 is 1.90 bits per heavy atom. The van der Waals surface area contributed by atoms with Crippen LogP contribution >= 0.6 is 0 Å². The number of nitrogens with zero attached hydrogens (tertiary/aromatic N) is 1. The molecule has 0 amide bonds. The quantitative estimate of drug-likeness (QED) is 0.671. The van der Waals surface area contributed by atoms with Gasteiger partial charge in [0.25, 0.3) is 0 Å². The van der Waals surface area contributed by atoms with Crippen molar-refractivity contribution in [3.8, 4) is 0 Å². The van der Waals surface area contributed by atoms with E-state index in [2.05, 4.69) is 6.92 Å². The Morgan fingerprint density at radius 3 is 2.50 bits per heavy atom. The molecule has 2 aromatic rings. The van der Waals surface area contributed by atoms with Crippen LogP contribution < -0.4 is 10.6 Å². The molecule has 3 rings (SSSR count). The molecule has 1 aliphatic rings. The molecule has 0 saturated carbocycles. The number of aliphatic hydroxyl groups is 1. The maximum atomic E-state index is 13.6. The van der Waals surface area contributed by atoms with Crippen molar-refractivity contribution < 1.29 is 13.5 Å². The molecule has 0 spiro atoms. The van der Waals surface area contributed by atoms with E-state index in [0.717, 1.165) is 24.1 Å². The number of sulfone groups is 1. The molecule has 0 bridgehead atoms. The molecule has 0 aromatic heterocycles. The molecular weight excluding hydrogens is 396 g/mol. The maximum Gasteiger partial charge on any atom is 0.179 e. The Morgan fingerprint density at radius 1 is 1.17 bits per heavy atom. The number of nitrogen functional groups attached to an aromatic ring is 1. The number of nitrogens with two attached hydrogens (primary N) is 1. The Kier molecular flexibility index (Phi) is 6.48. The lowest BCUT2D eigenvalue weighted by Gasteiger charge is -2.39. The van der Waals surface area contributed by atoms with Crippen LogP contribution in [-0.2, 0) is 9.84 Å². The van der Waals surface area contributed by atoms with E-state index in [1.807, 2.05) is 62.3 Å². The minimum Gasteiger partial charge on any atom is -0.399 e. The van der Waals surface area contributed by atoms with Crippen LogP contribution in [0.3, 0.4) is 0 Å². The summed E-state index contributed by atoms with van der Waals surface area (Å²) in [5.41, 5.74) is 8.39. The number of fused-ring (bicyclic) bond motifs is 1. The number of hydrogen-bond acceptors (Lipinski definition) is 5. The molecule has 2 aromatic carbocycles. The van der Waals surface area contributed by atoms with Gasteiger partial charge >= 0.3 is 0 Å². The van der Waals surface area contributed by atoms with E-state index < -0.39 is 27.3 Å². The van der Waals surface area contributed by atoms with E-state index in [4.69, 9.17) is 5.73 Å². The average Bonchev–Trinajstić information content (AvgIpc) is 2.77. The molecule has 3 N–H and O–H groups in total. The molecule has 6 heteroatoms. The monoisotopic (exact) mass is 430 g/mol. The average molecular weight is 431 g/mol. The summed E-state index contributed by atoms with van der Waals surface area (Å²) in [5.74, 6) is -0.498. The summed E-state index contributed by atoms with van der Waals surface area (Å²) in [6.07, 6.45) is 2.27. The van der Waals surface area contributed by atoms with Crippen molar-refractivity contribution in [1.82, 2.24) is 0 Å². The standard InChI is InChI=1S/C24H34N2O3S/c1-5-7-13-24(6-2)16-30(28,29)21-12-11-19(26(3)4)15-20(21)22(23(24)27)17-9-8-10-18(25)14-17/h8-12,14-15,22-23,27H,5-7,13,16,25H2,1-4H3/t22-,23-,24-/m1/s1. The molecule has 0 fully saturated rings. The van der Waals surface area contributed by atoms with Crippen LogP contribution in [0, 0.1) is 5.41 Å². The van der Waals surface area contributed by atoms with Gasteiger partial charge in [-0.05, 0) is 54.3 Å². The number of hydrogen-bond donors (Lipinski definition) is 2. The van der Waals surface area contributed by atoms with Crippen molar-refractivity contribution in [2.24, 2.45) is 5.41 Å². The van der Waals surface area contributed by atoms with Gasteiger partial charge in [0.15, 0.2) is 9.84 Å². The lowest BCUT2D eigenvalue weighted by molar-refractivity contribution is 0.0174. The van der Waals surface area contributed by atoms with Gasteiger partial charge in [0.1, 0.15) is 0 Å². The molecule has 0 radical (unpaired) electrons. The summed E-state index contributed by atoms with van der Waals surface area (Å²) in [4.78, 5) is 2.27. The second-order valence-electron chi connectivity index (χ2n) is 8.79. The second-order valence-corrected chi connectivity index (χ2v) is 10.7. The molecule has 0 unspecified atom stereocenters. The zero-order valence-electron chi connectivity index (χ0n) is 18.4.